The third-order valence-corrected chi connectivity index (χ3v) is 7.77. The number of nitrogens with zero attached hydrogens (tertiary/aromatic N) is 1. The summed E-state index contributed by atoms with van der Waals surface area (Å²) in [7, 11) is -3.53. The number of carbonyl (C=O) groups excluding carboxylic acids is 2. The van der Waals surface area contributed by atoms with E-state index in [1.165, 1.54) is 0 Å². The summed E-state index contributed by atoms with van der Waals surface area (Å²) < 4.78 is 26.9. The van der Waals surface area contributed by atoms with E-state index in [1.807, 2.05) is 67.6 Å². The highest BCUT2D eigenvalue weighted by atomic mass is 32.2. The van der Waals surface area contributed by atoms with Crippen molar-refractivity contribution in [3.8, 4) is 0 Å². The molecule has 7 nitrogen and oxygen atoms in total. The molecule has 8 heteroatoms. The van der Waals surface area contributed by atoms with Crippen LogP contribution in [-0.2, 0) is 39.0 Å². The predicted octanol–water partition coefficient (Wildman–Crippen LogP) is 4.08. The monoisotopic (exact) mass is 535 g/mol. The van der Waals surface area contributed by atoms with Gasteiger partial charge in [-0.15, -0.1) is 0 Å². The first kappa shape index (κ1) is 29.1. The zero-order valence-corrected chi connectivity index (χ0v) is 22.9. The summed E-state index contributed by atoms with van der Waals surface area (Å²) in [5.74, 6) is -0.302. The normalized spacial score (nSPS) is 12.1. The molecule has 2 amide bonds. The minimum Gasteiger partial charge on any atom is -0.354 e. The van der Waals surface area contributed by atoms with Gasteiger partial charge in [0.2, 0.25) is 21.8 Å². The van der Waals surface area contributed by atoms with E-state index in [0.29, 0.717) is 32.5 Å². The average Bonchev–Trinajstić information content (AvgIpc) is 2.93. The quantitative estimate of drug-likeness (QED) is 0.325. The van der Waals surface area contributed by atoms with Crippen LogP contribution in [0.5, 0.6) is 0 Å². The SMILES string of the molecule is CCCNC(=O)[C@@H](Cc1ccccc1)N(Cc1ccccc1)C(=O)CCc1ccc(S(=O)(=O)NCC)cc1. The number of nitrogens with one attached hydrogen (secondary N) is 2. The van der Waals surface area contributed by atoms with Gasteiger partial charge in [0, 0.05) is 32.5 Å². The number of rotatable bonds is 14. The van der Waals surface area contributed by atoms with Crippen molar-refractivity contribution in [2.45, 2.75) is 57.0 Å². The average molecular weight is 536 g/mol. The second-order valence-corrected chi connectivity index (χ2v) is 10.9. The molecule has 0 radical (unpaired) electrons. The number of hydrogen-bond acceptors (Lipinski definition) is 4. The van der Waals surface area contributed by atoms with Gasteiger partial charge in [-0.25, -0.2) is 13.1 Å². The van der Waals surface area contributed by atoms with Gasteiger partial charge in [0.1, 0.15) is 6.04 Å². The van der Waals surface area contributed by atoms with Gasteiger partial charge in [0.05, 0.1) is 4.90 Å². The lowest BCUT2D eigenvalue weighted by molar-refractivity contribution is -0.141. The van der Waals surface area contributed by atoms with E-state index < -0.39 is 16.1 Å². The molecule has 0 unspecified atom stereocenters. The van der Waals surface area contributed by atoms with E-state index in [2.05, 4.69) is 10.0 Å². The summed E-state index contributed by atoms with van der Waals surface area (Å²) in [5, 5.41) is 2.98. The van der Waals surface area contributed by atoms with Crippen molar-refractivity contribution >= 4 is 21.8 Å². The molecular formula is C30H37N3O4S. The maximum atomic E-state index is 13.7. The van der Waals surface area contributed by atoms with Gasteiger partial charge in [-0.05, 0) is 41.7 Å². The Morgan fingerprint density at radius 1 is 0.816 bits per heavy atom. The molecule has 38 heavy (non-hydrogen) atoms. The van der Waals surface area contributed by atoms with Gasteiger partial charge in [0.25, 0.3) is 0 Å². The summed E-state index contributed by atoms with van der Waals surface area (Å²) in [6, 6.07) is 25.3. The van der Waals surface area contributed by atoms with Crippen LogP contribution in [0.1, 0.15) is 43.4 Å². The van der Waals surface area contributed by atoms with Gasteiger partial charge in [-0.1, -0.05) is 86.6 Å². The Morgan fingerprint density at radius 2 is 1.42 bits per heavy atom. The molecule has 0 aromatic heterocycles. The van der Waals surface area contributed by atoms with E-state index in [9.17, 15) is 18.0 Å². The Hall–Kier alpha value is -3.49. The number of amides is 2. The highest BCUT2D eigenvalue weighted by molar-refractivity contribution is 7.89. The predicted molar refractivity (Wildman–Crippen MR) is 150 cm³/mol. The molecule has 0 saturated heterocycles. The highest BCUT2D eigenvalue weighted by Crippen LogP contribution is 2.18. The van der Waals surface area contributed by atoms with Crippen molar-refractivity contribution in [3.05, 3.63) is 102 Å². The molecule has 3 rings (SSSR count). The molecule has 0 fully saturated rings. The zero-order chi connectivity index (χ0) is 27.4. The maximum absolute atomic E-state index is 13.7. The van der Waals surface area contributed by atoms with Crippen LogP contribution in [0.15, 0.2) is 89.8 Å². The number of carbonyl (C=O) groups is 2. The largest absolute Gasteiger partial charge is 0.354 e. The molecule has 0 aliphatic carbocycles. The van der Waals surface area contributed by atoms with E-state index >= 15 is 0 Å². The first-order valence-electron chi connectivity index (χ1n) is 13.1. The Bertz CT molecular complexity index is 1260. The van der Waals surface area contributed by atoms with Crippen LogP contribution in [0.4, 0.5) is 0 Å². The smallest absolute Gasteiger partial charge is 0.243 e. The number of hydrogen-bond donors (Lipinski definition) is 2. The fraction of sp³-hybridized carbons (Fsp3) is 0.333. The molecule has 2 N–H and O–H groups in total. The molecule has 3 aromatic rings. The molecule has 202 valence electrons. The molecular weight excluding hydrogens is 498 g/mol. The Balaban J connectivity index is 1.83. The molecule has 0 bridgehead atoms. The summed E-state index contributed by atoms with van der Waals surface area (Å²) >= 11 is 0. The Kier molecular flexibility index (Phi) is 11.1. The summed E-state index contributed by atoms with van der Waals surface area (Å²) in [6.07, 6.45) is 1.83. The van der Waals surface area contributed by atoms with Crippen LogP contribution in [0, 0.1) is 0 Å². The van der Waals surface area contributed by atoms with Crippen molar-refractivity contribution in [2.75, 3.05) is 13.1 Å². The molecule has 0 aliphatic heterocycles. The molecule has 0 saturated carbocycles. The third kappa shape index (κ3) is 8.53. The lowest BCUT2D eigenvalue weighted by Crippen LogP contribution is -2.50. The van der Waals surface area contributed by atoms with Crippen LogP contribution in [0.3, 0.4) is 0 Å². The second-order valence-electron chi connectivity index (χ2n) is 9.15. The molecule has 0 aliphatic rings. The van der Waals surface area contributed by atoms with Crippen molar-refractivity contribution in [2.24, 2.45) is 0 Å². The van der Waals surface area contributed by atoms with Gasteiger partial charge in [-0.2, -0.15) is 0 Å². The second kappa shape index (κ2) is 14.4. The third-order valence-electron chi connectivity index (χ3n) is 6.21. The van der Waals surface area contributed by atoms with Crippen LogP contribution < -0.4 is 10.0 Å². The number of sulfonamides is 1. The standard InChI is InChI=1S/C30H37N3O4S/c1-3-21-31-30(35)28(22-25-11-7-5-8-12-25)33(23-26-13-9-6-10-14-26)29(34)20-17-24-15-18-27(19-16-24)38(36,37)32-4-2/h5-16,18-19,28,32H,3-4,17,20-23H2,1-2H3,(H,31,35)/t28-/m1/s1. The molecule has 3 aromatic carbocycles. The topological polar surface area (TPSA) is 95.6 Å². The maximum Gasteiger partial charge on any atom is 0.243 e. The van der Waals surface area contributed by atoms with E-state index in [1.54, 1.807) is 36.1 Å². The Labute approximate surface area is 226 Å². The summed E-state index contributed by atoms with van der Waals surface area (Å²) in [5.41, 5.74) is 2.77. The van der Waals surface area contributed by atoms with Gasteiger partial charge in [0.15, 0.2) is 0 Å². The van der Waals surface area contributed by atoms with E-state index in [-0.39, 0.29) is 23.1 Å². The fourth-order valence-corrected chi connectivity index (χ4v) is 5.24. The molecule has 1 atom stereocenters. The first-order chi connectivity index (χ1) is 18.3. The van der Waals surface area contributed by atoms with E-state index in [4.69, 9.17) is 0 Å². The zero-order valence-electron chi connectivity index (χ0n) is 22.1. The van der Waals surface area contributed by atoms with Crippen LogP contribution >= 0.6 is 0 Å². The van der Waals surface area contributed by atoms with Crippen molar-refractivity contribution in [1.29, 1.82) is 0 Å². The van der Waals surface area contributed by atoms with E-state index in [0.717, 1.165) is 23.1 Å². The van der Waals surface area contributed by atoms with Crippen molar-refractivity contribution in [1.82, 2.24) is 14.9 Å². The van der Waals surface area contributed by atoms with Crippen molar-refractivity contribution in [3.63, 3.8) is 0 Å². The highest BCUT2D eigenvalue weighted by Gasteiger charge is 2.30. The van der Waals surface area contributed by atoms with Crippen molar-refractivity contribution < 1.29 is 18.0 Å². The van der Waals surface area contributed by atoms with Crippen LogP contribution in [-0.4, -0.2) is 44.3 Å². The minimum atomic E-state index is -3.53. The van der Waals surface area contributed by atoms with Crippen LogP contribution in [0.2, 0.25) is 0 Å². The summed E-state index contributed by atoms with van der Waals surface area (Å²) in [6.45, 7) is 4.89. The van der Waals surface area contributed by atoms with Crippen LogP contribution in [0.25, 0.3) is 0 Å². The van der Waals surface area contributed by atoms with Gasteiger partial charge >= 0.3 is 0 Å². The van der Waals surface area contributed by atoms with Gasteiger partial charge < -0.3 is 10.2 Å². The lowest BCUT2D eigenvalue weighted by Gasteiger charge is -2.31. The number of benzene rings is 3. The Morgan fingerprint density at radius 3 is 2.00 bits per heavy atom. The fourth-order valence-electron chi connectivity index (χ4n) is 4.20. The summed E-state index contributed by atoms with van der Waals surface area (Å²) in [4.78, 5) is 28.9. The molecule has 0 spiro atoms. The van der Waals surface area contributed by atoms with Gasteiger partial charge in [-0.3, -0.25) is 9.59 Å². The minimum absolute atomic E-state index is 0.134. The number of aryl methyl sites for hydroxylation is 1. The lowest BCUT2D eigenvalue weighted by atomic mass is 10.0. The first-order valence-corrected chi connectivity index (χ1v) is 14.6. The molecule has 0 heterocycles.